The highest BCUT2D eigenvalue weighted by atomic mass is 32.1. The molecule has 0 aliphatic carbocycles. The van der Waals surface area contributed by atoms with Gasteiger partial charge in [0.15, 0.2) is 4.77 Å². The number of hydrogen-bond donors (Lipinski definition) is 1. The van der Waals surface area contributed by atoms with E-state index in [1.807, 2.05) is 11.5 Å². The maximum absolute atomic E-state index is 12.7. The minimum absolute atomic E-state index is 0.310. The SMILES string of the molecule is CC1(n2c(=S)[nH]c3cc(C(F)(F)F)ccc32)CCOC1. The molecule has 7 heteroatoms. The topological polar surface area (TPSA) is 29.9 Å². The zero-order chi connectivity index (χ0) is 14.5. The number of nitrogens with zero attached hydrogens (tertiary/aromatic N) is 1. The number of aromatic amines is 1. The summed E-state index contributed by atoms with van der Waals surface area (Å²) in [5.41, 5.74) is 0.0879. The molecule has 0 bridgehead atoms. The van der Waals surface area contributed by atoms with Gasteiger partial charge in [0.1, 0.15) is 0 Å². The third-order valence-corrected chi connectivity index (χ3v) is 4.03. The number of aromatic nitrogens is 2. The Morgan fingerprint density at radius 1 is 1.40 bits per heavy atom. The number of alkyl halides is 3. The molecule has 3 rings (SSSR count). The molecular weight excluding hydrogens is 289 g/mol. The Kier molecular flexibility index (Phi) is 2.95. The Morgan fingerprint density at radius 2 is 2.15 bits per heavy atom. The van der Waals surface area contributed by atoms with Crippen LogP contribution in [0.1, 0.15) is 18.9 Å². The summed E-state index contributed by atoms with van der Waals surface area (Å²) in [4.78, 5) is 2.86. The van der Waals surface area contributed by atoms with Crippen molar-refractivity contribution >= 4 is 23.3 Å². The van der Waals surface area contributed by atoms with Crippen LogP contribution in [0, 0.1) is 4.77 Å². The van der Waals surface area contributed by atoms with Crippen LogP contribution in [0.5, 0.6) is 0 Å². The van der Waals surface area contributed by atoms with Crippen molar-refractivity contribution in [2.45, 2.75) is 25.1 Å². The van der Waals surface area contributed by atoms with E-state index in [1.54, 1.807) is 0 Å². The Balaban J connectivity index is 2.20. The van der Waals surface area contributed by atoms with E-state index in [2.05, 4.69) is 4.98 Å². The lowest BCUT2D eigenvalue weighted by Gasteiger charge is -2.24. The van der Waals surface area contributed by atoms with E-state index in [0.29, 0.717) is 29.0 Å². The predicted molar refractivity (Wildman–Crippen MR) is 71.2 cm³/mol. The second-order valence-corrected chi connectivity index (χ2v) is 5.68. The molecule has 0 spiro atoms. The number of imidazole rings is 1. The predicted octanol–water partition coefficient (Wildman–Crippen LogP) is 3.85. The molecule has 0 amide bonds. The number of nitrogens with one attached hydrogen (secondary N) is 1. The summed E-state index contributed by atoms with van der Waals surface area (Å²) in [6.45, 7) is 3.14. The Bertz CT molecular complexity index is 710. The van der Waals surface area contributed by atoms with Gasteiger partial charge in [-0.25, -0.2) is 0 Å². The number of fused-ring (bicyclic) bond motifs is 1. The van der Waals surface area contributed by atoms with Crippen molar-refractivity contribution in [2.75, 3.05) is 13.2 Å². The highest BCUT2D eigenvalue weighted by Gasteiger charge is 2.35. The molecule has 1 aromatic carbocycles. The van der Waals surface area contributed by atoms with Crippen molar-refractivity contribution in [3.63, 3.8) is 0 Å². The van der Waals surface area contributed by atoms with Gasteiger partial charge in [0.2, 0.25) is 0 Å². The first kappa shape index (κ1) is 13.6. The van der Waals surface area contributed by atoms with Crippen LogP contribution in [-0.2, 0) is 16.5 Å². The van der Waals surface area contributed by atoms with Crippen molar-refractivity contribution in [3.05, 3.63) is 28.5 Å². The molecule has 1 aromatic heterocycles. The largest absolute Gasteiger partial charge is 0.416 e. The van der Waals surface area contributed by atoms with Crippen LogP contribution in [-0.4, -0.2) is 22.8 Å². The lowest BCUT2D eigenvalue weighted by molar-refractivity contribution is -0.137. The van der Waals surface area contributed by atoms with Crippen LogP contribution in [0.15, 0.2) is 18.2 Å². The monoisotopic (exact) mass is 302 g/mol. The van der Waals surface area contributed by atoms with Crippen molar-refractivity contribution in [3.8, 4) is 0 Å². The summed E-state index contributed by atoms with van der Waals surface area (Å²) in [5.74, 6) is 0. The summed E-state index contributed by atoms with van der Waals surface area (Å²) in [6.07, 6.45) is -3.57. The van der Waals surface area contributed by atoms with E-state index in [-0.39, 0.29) is 5.54 Å². The number of H-pyrrole nitrogens is 1. The molecule has 20 heavy (non-hydrogen) atoms. The van der Waals surface area contributed by atoms with Crippen molar-refractivity contribution < 1.29 is 17.9 Å². The number of ether oxygens (including phenoxy) is 1. The van der Waals surface area contributed by atoms with Gasteiger partial charge in [0.05, 0.1) is 28.7 Å². The van der Waals surface area contributed by atoms with Gasteiger partial charge in [-0.3, -0.25) is 0 Å². The van der Waals surface area contributed by atoms with Gasteiger partial charge in [0, 0.05) is 6.61 Å². The highest BCUT2D eigenvalue weighted by molar-refractivity contribution is 7.71. The zero-order valence-electron chi connectivity index (χ0n) is 10.8. The van der Waals surface area contributed by atoms with Crippen LogP contribution in [0.25, 0.3) is 11.0 Å². The van der Waals surface area contributed by atoms with E-state index < -0.39 is 11.7 Å². The van der Waals surface area contributed by atoms with E-state index in [4.69, 9.17) is 17.0 Å². The third-order valence-electron chi connectivity index (χ3n) is 3.75. The molecule has 1 unspecified atom stereocenters. The summed E-state index contributed by atoms with van der Waals surface area (Å²) in [5, 5.41) is 0. The molecule has 0 radical (unpaired) electrons. The molecule has 1 fully saturated rings. The van der Waals surface area contributed by atoms with Gasteiger partial charge in [-0.15, -0.1) is 0 Å². The number of benzene rings is 1. The Morgan fingerprint density at radius 3 is 2.75 bits per heavy atom. The number of rotatable bonds is 1. The molecule has 2 heterocycles. The molecule has 1 aliphatic heterocycles. The number of halogens is 3. The van der Waals surface area contributed by atoms with E-state index in [1.165, 1.54) is 6.07 Å². The molecule has 3 nitrogen and oxygen atoms in total. The van der Waals surface area contributed by atoms with Crippen molar-refractivity contribution in [1.29, 1.82) is 0 Å². The molecule has 1 saturated heterocycles. The molecular formula is C13H13F3N2OS. The first-order chi connectivity index (χ1) is 9.31. The first-order valence-corrected chi connectivity index (χ1v) is 6.62. The van der Waals surface area contributed by atoms with Gasteiger partial charge in [-0.2, -0.15) is 13.2 Å². The van der Waals surface area contributed by atoms with Gasteiger partial charge in [-0.05, 0) is 43.8 Å². The normalized spacial score (nSPS) is 23.6. The summed E-state index contributed by atoms with van der Waals surface area (Å²) >= 11 is 5.27. The average molecular weight is 302 g/mol. The Labute approximate surface area is 118 Å². The first-order valence-electron chi connectivity index (χ1n) is 6.21. The fourth-order valence-corrected chi connectivity index (χ4v) is 3.09. The molecule has 1 N–H and O–H groups in total. The van der Waals surface area contributed by atoms with Crippen molar-refractivity contribution in [1.82, 2.24) is 9.55 Å². The Hall–Kier alpha value is -1.34. The smallest absolute Gasteiger partial charge is 0.379 e. The lowest BCUT2D eigenvalue weighted by Crippen LogP contribution is -2.30. The highest BCUT2D eigenvalue weighted by Crippen LogP contribution is 2.34. The average Bonchev–Trinajstić information content (AvgIpc) is 2.90. The van der Waals surface area contributed by atoms with Crippen LogP contribution in [0.3, 0.4) is 0 Å². The fraction of sp³-hybridized carbons (Fsp3) is 0.462. The number of hydrogen-bond acceptors (Lipinski definition) is 2. The van der Waals surface area contributed by atoms with Crippen molar-refractivity contribution in [2.24, 2.45) is 0 Å². The fourth-order valence-electron chi connectivity index (χ4n) is 2.66. The maximum Gasteiger partial charge on any atom is 0.416 e. The minimum atomic E-state index is -4.36. The van der Waals surface area contributed by atoms with Gasteiger partial charge < -0.3 is 14.3 Å². The molecule has 0 saturated carbocycles. The van der Waals surface area contributed by atoms with Gasteiger partial charge in [0.25, 0.3) is 0 Å². The summed E-state index contributed by atoms with van der Waals surface area (Å²) in [6, 6.07) is 3.65. The van der Waals surface area contributed by atoms with Crippen LogP contribution < -0.4 is 0 Å². The van der Waals surface area contributed by atoms with Crippen LogP contribution in [0.2, 0.25) is 0 Å². The molecule has 1 atom stereocenters. The van der Waals surface area contributed by atoms with Gasteiger partial charge in [-0.1, -0.05) is 0 Å². The second kappa shape index (κ2) is 4.33. The zero-order valence-corrected chi connectivity index (χ0v) is 11.6. The summed E-state index contributed by atoms with van der Waals surface area (Å²) in [7, 11) is 0. The summed E-state index contributed by atoms with van der Waals surface area (Å²) < 4.78 is 45.9. The van der Waals surface area contributed by atoms with E-state index in [0.717, 1.165) is 18.6 Å². The van der Waals surface area contributed by atoms with E-state index in [9.17, 15) is 13.2 Å². The third kappa shape index (κ3) is 2.05. The molecule has 2 aromatic rings. The molecule has 1 aliphatic rings. The molecule has 108 valence electrons. The minimum Gasteiger partial charge on any atom is -0.379 e. The van der Waals surface area contributed by atoms with E-state index >= 15 is 0 Å². The maximum atomic E-state index is 12.7. The second-order valence-electron chi connectivity index (χ2n) is 5.29. The van der Waals surface area contributed by atoms with Crippen LogP contribution in [0.4, 0.5) is 13.2 Å². The van der Waals surface area contributed by atoms with Gasteiger partial charge >= 0.3 is 6.18 Å². The lowest BCUT2D eigenvalue weighted by atomic mass is 10.0. The standard InChI is InChI=1S/C13H13F3N2OS/c1-12(4-5-19-7-12)18-10-3-2-8(13(14,15)16)6-9(10)17-11(18)20/h2-3,6H,4-5,7H2,1H3,(H,17,20). The quantitative estimate of drug-likeness (QED) is 0.811. The van der Waals surface area contributed by atoms with Crippen LogP contribution >= 0.6 is 12.2 Å².